The van der Waals surface area contributed by atoms with E-state index >= 15 is 0 Å². The summed E-state index contributed by atoms with van der Waals surface area (Å²) in [5.74, 6) is 1.29. The van der Waals surface area contributed by atoms with Gasteiger partial charge in [-0.15, -0.1) is 0 Å². The summed E-state index contributed by atoms with van der Waals surface area (Å²) in [4.78, 5) is 0. The lowest BCUT2D eigenvalue weighted by Crippen LogP contribution is -2.31. The van der Waals surface area contributed by atoms with Gasteiger partial charge in [-0.2, -0.15) is 0 Å². The predicted octanol–water partition coefficient (Wildman–Crippen LogP) is 5.21. The first-order valence-electron chi connectivity index (χ1n) is 7.79. The minimum Gasteiger partial charge on any atom is -0.392 e. The van der Waals surface area contributed by atoms with Crippen molar-refractivity contribution in [2.45, 2.75) is 59.0 Å². The summed E-state index contributed by atoms with van der Waals surface area (Å²) in [6.45, 7) is 7.03. The van der Waals surface area contributed by atoms with Gasteiger partial charge in [0.2, 0.25) is 0 Å². The maximum Gasteiger partial charge on any atom is 0.0609 e. The first-order chi connectivity index (χ1) is 9.38. The van der Waals surface area contributed by atoms with Crippen LogP contribution in [0.2, 0.25) is 0 Å². The van der Waals surface area contributed by atoms with Crippen molar-refractivity contribution in [2.75, 3.05) is 0 Å². The molecule has 1 N–H and O–H groups in total. The number of hydrogen-bond acceptors (Lipinski definition) is 1. The molecular formula is C18H27BrO. The zero-order valence-electron chi connectivity index (χ0n) is 12.9. The average Bonchev–Trinajstić information content (AvgIpc) is 2.40. The molecular weight excluding hydrogens is 312 g/mol. The van der Waals surface area contributed by atoms with Crippen LogP contribution in [0.5, 0.6) is 0 Å². The van der Waals surface area contributed by atoms with Crippen molar-refractivity contribution >= 4 is 15.9 Å². The topological polar surface area (TPSA) is 20.2 Å². The maximum atomic E-state index is 10.5. The smallest absolute Gasteiger partial charge is 0.0609 e. The molecule has 0 saturated heterocycles. The molecule has 1 unspecified atom stereocenters. The van der Waals surface area contributed by atoms with E-state index in [1.54, 1.807) is 0 Å². The van der Waals surface area contributed by atoms with E-state index < -0.39 is 0 Å². The van der Waals surface area contributed by atoms with Gasteiger partial charge >= 0.3 is 0 Å². The van der Waals surface area contributed by atoms with Gasteiger partial charge < -0.3 is 5.11 Å². The maximum absolute atomic E-state index is 10.5. The lowest BCUT2D eigenvalue weighted by Gasteiger charge is -2.38. The largest absolute Gasteiger partial charge is 0.392 e. The van der Waals surface area contributed by atoms with Crippen LogP contribution in [0.25, 0.3) is 0 Å². The van der Waals surface area contributed by atoms with E-state index in [-0.39, 0.29) is 6.10 Å². The number of rotatable bonds is 3. The first-order valence-corrected chi connectivity index (χ1v) is 8.58. The van der Waals surface area contributed by atoms with E-state index in [9.17, 15) is 5.11 Å². The molecule has 1 nitrogen and oxygen atoms in total. The van der Waals surface area contributed by atoms with Crippen molar-refractivity contribution < 1.29 is 5.11 Å². The van der Waals surface area contributed by atoms with Gasteiger partial charge in [0, 0.05) is 4.47 Å². The Labute approximate surface area is 131 Å². The lowest BCUT2D eigenvalue weighted by molar-refractivity contribution is 0.0536. The molecule has 1 fully saturated rings. The normalized spacial score (nSPS) is 25.4. The summed E-state index contributed by atoms with van der Waals surface area (Å²) in [6, 6.07) is 8.23. The number of aliphatic hydroxyl groups is 1. The lowest BCUT2D eigenvalue weighted by atomic mass is 9.68. The Balaban J connectivity index is 1.89. The number of aliphatic hydroxyl groups excluding tert-OH is 1. The molecule has 0 amide bonds. The number of hydrogen-bond donors (Lipinski definition) is 1. The van der Waals surface area contributed by atoms with Crippen molar-refractivity contribution in [1.29, 1.82) is 0 Å². The van der Waals surface area contributed by atoms with Crippen LogP contribution in [0.1, 0.15) is 52.0 Å². The highest BCUT2D eigenvalue weighted by Crippen LogP contribution is 2.41. The molecule has 2 rings (SSSR count). The van der Waals surface area contributed by atoms with E-state index in [1.807, 2.05) is 12.1 Å². The van der Waals surface area contributed by atoms with Crippen molar-refractivity contribution in [3.05, 3.63) is 34.3 Å². The molecule has 112 valence electrons. The van der Waals surface area contributed by atoms with Gasteiger partial charge in [0.05, 0.1) is 6.10 Å². The van der Waals surface area contributed by atoms with Gasteiger partial charge in [0.25, 0.3) is 0 Å². The fourth-order valence-corrected chi connectivity index (χ4v) is 3.87. The van der Waals surface area contributed by atoms with E-state index in [0.29, 0.717) is 11.3 Å². The van der Waals surface area contributed by atoms with Crippen molar-refractivity contribution in [3.63, 3.8) is 0 Å². The molecule has 1 aliphatic carbocycles. The van der Waals surface area contributed by atoms with Crippen LogP contribution in [0.4, 0.5) is 0 Å². The van der Waals surface area contributed by atoms with Crippen LogP contribution >= 0.6 is 15.9 Å². The Morgan fingerprint density at radius 3 is 2.30 bits per heavy atom. The quantitative estimate of drug-likeness (QED) is 0.802. The summed E-state index contributed by atoms with van der Waals surface area (Å²) in [6.07, 6.45) is 5.45. The molecule has 0 aliphatic heterocycles. The average molecular weight is 339 g/mol. The summed E-state index contributed by atoms with van der Waals surface area (Å²) in [5, 5.41) is 10.5. The summed E-state index contributed by atoms with van der Waals surface area (Å²) < 4.78 is 1.11. The van der Waals surface area contributed by atoms with Gasteiger partial charge in [-0.3, -0.25) is 0 Å². The molecule has 0 bridgehead atoms. The van der Waals surface area contributed by atoms with Crippen LogP contribution < -0.4 is 0 Å². The van der Waals surface area contributed by atoms with Gasteiger partial charge in [-0.1, -0.05) is 54.9 Å². The van der Waals surface area contributed by atoms with Gasteiger partial charge in [-0.05, 0) is 61.0 Å². The third-order valence-corrected chi connectivity index (χ3v) is 5.70. The second-order valence-electron chi connectivity index (χ2n) is 7.34. The molecule has 0 radical (unpaired) electrons. The van der Waals surface area contributed by atoms with Gasteiger partial charge in [-0.25, -0.2) is 0 Å². The minimum atomic E-state index is -0.199. The Morgan fingerprint density at radius 2 is 1.75 bits per heavy atom. The third-order valence-electron chi connectivity index (χ3n) is 4.93. The Morgan fingerprint density at radius 1 is 1.15 bits per heavy atom. The van der Waals surface area contributed by atoms with Crippen molar-refractivity contribution in [3.8, 4) is 0 Å². The SMILES string of the molecule is CC(C)(C)C1CCC(C(O)Cc2ccccc2Br)CC1. The molecule has 1 aliphatic rings. The Kier molecular flexibility index (Phi) is 5.30. The molecule has 1 aromatic carbocycles. The van der Waals surface area contributed by atoms with E-state index in [0.717, 1.165) is 16.8 Å². The first kappa shape index (κ1) is 16.0. The van der Waals surface area contributed by atoms with Gasteiger partial charge in [0.15, 0.2) is 0 Å². The summed E-state index contributed by atoms with van der Waals surface area (Å²) in [7, 11) is 0. The summed E-state index contributed by atoms with van der Waals surface area (Å²) in [5.41, 5.74) is 1.64. The molecule has 0 spiro atoms. The molecule has 0 heterocycles. The molecule has 20 heavy (non-hydrogen) atoms. The Bertz CT molecular complexity index is 427. The van der Waals surface area contributed by atoms with Crippen LogP contribution in [-0.4, -0.2) is 11.2 Å². The molecule has 1 saturated carbocycles. The minimum absolute atomic E-state index is 0.199. The molecule has 0 aromatic heterocycles. The van der Waals surface area contributed by atoms with Crippen LogP contribution in [0, 0.1) is 17.3 Å². The third kappa shape index (κ3) is 4.08. The van der Waals surface area contributed by atoms with Crippen LogP contribution in [0.15, 0.2) is 28.7 Å². The van der Waals surface area contributed by atoms with Crippen molar-refractivity contribution in [1.82, 2.24) is 0 Å². The zero-order chi connectivity index (χ0) is 14.8. The van der Waals surface area contributed by atoms with Crippen LogP contribution in [0.3, 0.4) is 0 Å². The van der Waals surface area contributed by atoms with Crippen molar-refractivity contribution in [2.24, 2.45) is 17.3 Å². The summed E-state index contributed by atoms with van der Waals surface area (Å²) >= 11 is 3.57. The van der Waals surface area contributed by atoms with Gasteiger partial charge in [0.1, 0.15) is 0 Å². The predicted molar refractivity (Wildman–Crippen MR) is 88.8 cm³/mol. The second kappa shape index (κ2) is 6.62. The molecule has 1 aromatic rings. The van der Waals surface area contributed by atoms with E-state index in [4.69, 9.17) is 0 Å². The number of benzene rings is 1. The van der Waals surface area contributed by atoms with Crippen LogP contribution in [-0.2, 0) is 6.42 Å². The van der Waals surface area contributed by atoms with E-state index in [2.05, 4.69) is 48.8 Å². The highest BCUT2D eigenvalue weighted by atomic mass is 79.9. The Hall–Kier alpha value is -0.340. The molecule has 1 atom stereocenters. The highest BCUT2D eigenvalue weighted by Gasteiger charge is 2.32. The number of halogens is 1. The monoisotopic (exact) mass is 338 g/mol. The fraction of sp³-hybridized carbons (Fsp3) is 0.667. The second-order valence-corrected chi connectivity index (χ2v) is 8.19. The fourth-order valence-electron chi connectivity index (χ4n) is 3.43. The highest BCUT2D eigenvalue weighted by molar-refractivity contribution is 9.10. The van der Waals surface area contributed by atoms with E-state index in [1.165, 1.54) is 31.2 Å². The molecule has 2 heteroatoms. The standard InChI is InChI=1S/C18H27BrO/c1-18(2,3)15-10-8-13(9-11-15)17(20)12-14-6-4-5-7-16(14)19/h4-7,13,15,17,20H,8-12H2,1-3H3. The zero-order valence-corrected chi connectivity index (χ0v) is 14.5.